The molecule has 4 N–H and O–H groups in total. The number of carbonyl (C=O) groups is 3. The van der Waals surface area contributed by atoms with Gasteiger partial charge in [-0.3, -0.25) is 19.6 Å². The van der Waals surface area contributed by atoms with Crippen molar-refractivity contribution in [1.82, 2.24) is 29.8 Å². The molecule has 0 spiro atoms. The minimum atomic E-state index is -1.46. The number of carbonyl (C=O) groups excluding carboxylic acids is 3. The third-order valence-electron chi connectivity index (χ3n) is 5.60. The van der Waals surface area contributed by atoms with Crippen molar-refractivity contribution in [3.8, 4) is 0 Å². The molecule has 1 saturated heterocycles. The van der Waals surface area contributed by atoms with E-state index in [1.165, 1.54) is 18.9 Å². The molecule has 2 aromatic rings. The van der Waals surface area contributed by atoms with Crippen molar-refractivity contribution in [3.05, 3.63) is 47.2 Å². The molecule has 2 aliphatic heterocycles. The summed E-state index contributed by atoms with van der Waals surface area (Å²) in [6, 6.07) is 0.927. The Kier molecular flexibility index (Phi) is 7.60. The molecule has 16 heteroatoms. The average Bonchev–Trinajstić information content (AvgIpc) is 3.51. The minimum absolute atomic E-state index is 0.0432. The van der Waals surface area contributed by atoms with Gasteiger partial charge in [-0.05, 0) is 17.7 Å². The number of fused-ring (bicyclic) bond motifs is 1. The number of aromatic nitrogens is 4. The molecule has 2 aromatic heterocycles. The molecule has 2 aliphatic rings. The lowest BCUT2D eigenvalue weighted by atomic mass is 10.0. The number of H-pyrrole nitrogens is 1. The van der Waals surface area contributed by atoms with Crippen LogP contribution in [0.4, 0.5) is 5.13 Å². The Morgan fingerprint density at radius 1 is 1.46 bits per heavy atom. The van der Waals surface area contributed by atoms with Gasteiger partial charge >= 0.3 is 0 Å². The minimum Gasteiger partial charge on any atom is -0.543 e. The fourth-order valence-corrected chi connectivity index (χ4v) is 5.71. The van der Waals surface area contributed by atoms with Crippen molar-refractivity contribution >= 4 is 51.9 Å². The van der Waals surface area contributed by atoms with Crippen LogP contribution in [0.2, 0.25) is 0 Å². The molecule has 0 bridgehead atoms. The van der Waals surface area contributed by atoms with Crippen molar-refractivity contribution < 1.29 is 28.8 Å². The standard InChI is InChI=1S/C21H25N9O5S2/c1-30(2,9-12-6-7-23-26-12)8-4-5-11-10-36-19-14(18(32)29(19)15(11)20(33)34)24-17(31)13(27-35-3)16-25-21(22)37-28-16/h4-7,14,19H,8-10H2,1-3H3,(H4-,22,23,24,25,26,28,31,33,34)/b5-4+,27-13-/t14-,19-/m1/s1. The van der Waals surface area contributed by atoms with E-state index in [2.05, 4.69) is 30.0 Å². The van der Waals surface area contributed by atoms with Gasteiger partial charge in [-0.15, -0.1) is 11.8 Å². The van der Waals surface area contributed by atoms with Crippen LogP contribution < -0.4 is 16.2 Å². The summed E-state index contributed by atoms with van der Waals surface area (Å²) in [5.41, 5.74) is 6.58. The number of hydrogen-bond donors (Lipinski definition) is 3. The van der Waals surface area contributed by atoms with Gasteiger partial charge in [-0.2, -0.15) is 14.5 Å². The number of nitrogens with zero attached hydrogens (tertiary/aromatic N) is 6. The highest BCUT2D eigenvalue weighted by molar-refractivity contribution is 8.00. The lowest BCUT2D eigenvalue weighted by Gasteiger charge is -2.50. The molecule has 0 unspecified atom stereocenters. The average molecular weight is 548 g/mol. The van der Waals surface area contributed by atoms with E-state index in [-0.39, 0.29) is 22.4 Å². The summed E-state index contributed by atoms with van der Waals surface area (Å²) in [5, 5.41) is 24.6. The van der Waals surface area contributed by atoms with Crippen LogP contribution in [0.25, 0.3) is 0 Å². The first-order valence-electron chi connectivity index (χ1n) is 11.0. The summed E-state index contributed by atoms with van der Waals surface area (Å²) < 4.78 is 4.55. The molecule has 0 radical (unpaired) electrons. The number of nitrogens with one attached hydrogen (secondary N) is 2. The molecule has 4 rings (SSSR count). The number of carboxylic acid groups (broad SMARTS) is 1. The maximum absolute atomic E-state index is 12.9. The van der Waals surface area contributed by atoms with Crippen LogP contribution in [-0.2, 0) is 25.8 Å². The number of thioether (sulfide) groups is 1. The van der Waals surface area contributed by atoms with E-state index in [4.69, 9.17) is 10.6 Å². The van der Waals surface area contributed by atoms with Gasteiger partial charge in [0.05, 0.1) is 38.0 Å². The van der Waals surface area contributed by atoms with Crippen LogP contribution in [0.1, 0.15) is 11.5 Å². The monoisotopic (exact) mass is 547 g/mol. The maximum Gasteiger partial charge on any atom is 0.278 e. The second-order valence-corrected chi connectivity index (χ2v) is 10.8. The molecule has 0 aliphatic carbocycles. The number of amides is 2. The second kappa shape index (κ2) is 10.7. The Hall–Kier alpha value is -3.76. The van der Waals surface area contributed by atoms with Gasteiger partial charge in [0.1, 0.15) is 25.1 Å². The van der Waals surface area contributed by atoms with E-state index in [1.54, 1.807) is 12.3 Å². The quantitative estimate of drug-likeness (QED) is 0.135. The third-order valence-corrected chi connectivity index (χ3v) is 7.45. The maximum atomic E-state index is 12.9. The van der Waals surface area contributed by atoms with Crippen LogP contribution in [0.3, 0.4) is 0 Å². The van der Waals surface area contributed by atoms with Gasteiger partial charge in [0.15, 0.2) is 5.13 Å². The van der Waals surface area contributed by atoms with Gasteiger partial charge in [0, 0.05) is 23.5 Å². The lowest BCUT2D eigenvalue weighted by Crippen LogP contribution is -2.71. The van der Waals surface area contributed by atoms with Crippen molar-refractivity contribution in [1.29, 1.82) is 0 Å². The number of likely N-dealkylation sites (N-methyl/N-ethyl adjacent to an activating group) is 1. The highest BCUT2D eigenvalue weighted by Crippen LogP contribution is 2.40. The van der Waals surface area contributed by atoms with E-state index in [0.29, 0.717) is 28.9 Å². The van der Waals surface area contributed by atoms with Gasteiger partial charge in [-0.1, -0.05) is 11.2 Å². The summed E-state index contributed by atoms with van der Waals surface area (Å²) in [5.74, 6) is -2.51. The number of nitrogens with two attached hydrogens (primary N) is 1. The van der Waals surface area contributed by atoms with E-state index in [0.717, 1.165) is 22.1 Å². The first-order chi connectivity index (χ1) is 17.6. The number of allylic oxidation sites excluding steroid dienone is 1. The molecule has 0 aromatic carbocycles. The number of rotatable bonds is 10. The number of nitrogen functional groups attached to an aromatic ring is 1. The zero-order chi connectivity index (χ0) is 26.7. The number of oxime groups is 1. The lowest BCUT2D eigenvalue weighted by molar-refractivity contribution is -0.898. The fourth-order valence-electron chi connectivity index (χ4n) is 3.95. The summed E-state index contributed by atoms with van der Waals surface area (Å²) in [6.45, 7) is 1.32. The van der Waals surface area contributed by atoms with Crippen LogP contribution in [-0.4, -0.2) is 97.4 Å². The van der Waals surface area contributed by atoms with E-state index in [1.807, 2.05) is 26.2 Å². The summed E-state index contributed by atoms with van der Waals surface area (Å²) in [6.07, 6.45) is 5.27. The van der Waals surface area contributed by atoms with Gasteiger partial charge in [0.25, 0.3) is 11.8 Å². The molecule has 196 valence electrons. The van der Waals surface area contributed by atoms with Crippen molar-refractivity contribution in [2.75, 3.05) is 39.2 Å². The summed E-state index contributed by atoms with van der Waals surface area (Å²) in [7, 11) is 5.32. The zero-order valence-electron chi connectivity index (χ0n) is 20.2. The number of carboxylic acids is 1. The van der Waals surface area contributed by atoms with Crippen molar-refractivity contribution in [2.24, 2.45) is 5.16 Å². The molecule has 37 heavy (non-hydrogen) atoms. The molecule has 2 amide bonds. The topological polar surface area (TPSA) is 192 Å². The van der Waals surface area contributed by atoms with Gasteiger partial charge in [-0.25, -0.2) is 0 Å². The Balaban J connectivity index is 1.46. The fraction of sp³-hybridized carbons (Fsp3) is 0.381. The Bertz CT molecular complexity index is 1290. The number of quaternary nitrogens is 1. The van der Waals surface area contributed by atoms with Crippen LogP contribution in [0.15, 0.2) is 40.8 Å². The SMILES string of the molecule is CO/N=C(\C(=O)N[C@@H]1C(=O)N2C(C(=O)[O-])=C(/C=C/C[N+](C)(C)Cc3ccn[nH]3)CS[C@H]12)c1nsc(N)n1. The highest BCUT2D eigenvalue weighted by atomic mass is 32.2. The van der Waals surface area contributed by atoms with E-state index in [9.17, 15) is 19.5 Å². The van der Waals surface area contributed by atoms with Crippen LogP contribution in [0.5, 0.6) is 0 Å². The van der Waals surface area contributed by atoms with Crippen LogP contribution in [0, 0.1) is 0 Å². The van der Waals surface area contributed by atoms with Crippen LogP contribution >= 0.6 is 23.3 Å². The summed E-state index contributed by atoms with van der Waals surface area (Å²) in [4.78, 5) is 47.5. The predicted molar refractivity (Wildman–Crippen MR) is 133 cm³/mol. The molecule has 1 fully saturated rings. The van der Waals surface area contributed by atoms with E-state index < -0.39 is 29.2 Å². The number of anilines is 1. The smallest absolute Gasteiger partial charge is 0.278 e. The second-order valence-electron chi connectivity index (χ2n) is 8.86. The normalized spacial score (nSPS) is 20.1. The predicted octanol–water partition coefficient (Wildman–Crippen LogP) is -1.57. The third kappa shape index (κ3) is 5.65. The molecular weight excluding hydrogens is 522 g/mol. The first kappa shape index (κ1) is 26.3. The van der Waals surface area contributed by atoms with E-state index >= 15 is 0 Å². The van der Waals surface area contributed by atoms with Gasteiger partial charge in [0.2, 0.25) is 11.5 Å². The van der Waals surface area contributed by atoms with Crippen molar-refractivity contribution in [2.45, 2.75) is 18.0 Å². The summed E-state index contributed by atoms with van der Waals surface area (Å²) >= 11 is 2.21. The largest absolute Gasteiger partial charge is 0.543 e. The molecule has 0 saturated carbocycles. The Labute approximate surface area is 220 Å². The zero-order valence-corrected chi connectivity index (χ0v) is 21.8. The van der Waals surface area contributed by atoms with Crippen molar-refractivity contribution in [3.63, 3.8) is 0 Å². The molecule has 2 atom stereocenters. The highest BCUT2D eigenvalue weighted by Gasteiger charge is 2.53. The Morgan fingerprint density at radius 3 is 2.86 bits per heavy atom. The molecular formula is C21H25N9O5S2. The number of β-lactam (4-membered cyclic amide) rings is 1. The molecule has 14 nitrogen and oxygen atoms in total. The number of aromatic amines is 1. The Morgan fingerprint density at radius 2 is 2.24 bits per heavy atom. The number of hydrogen-bond acceptors (Lipinski definition) is 12. The molecule has 4 heterocycles. The number of aliphatic carboxylic acids is 1. The first-order valence-corrected chi connectivity index (χ1v) is 12.8. The van der Waals surface area contributed by atoms with Gasteiger partial charge < -0.3 is 30.3 Å².